The molecule has 1 saturated heterocycles. The second-order valence-corrected chi connectivity index (χ2v) is 7.90. The third-order valence-corrected chi connectivity index (χ3v) is 5.74. The predicted molar refractivity (Wildman–Crippen MR) is 124 cm³/mol. The number of hydrogen-bond donors (Lipinski definition) is 0. The van der Waals surface area contributed by atoms with Gasteiger partial charge in [0.15, 0.2) is 10.9 Å². The highest BCUT2D eigenvalue weighted by molar-refractivity contribution is 8.19. The first-order chi connectivity index (χ1) is 14.6. The van der Waals surface area contributed by atoms with Crippen molar-refractivity contribution in [1.29, 1.82) is 0 Å². The monoisotopic (exact) mass is 415 g/mol. The summed E-state index contributed by atoms with van der Waals surface area (Å²) in [6.45, 7) is 3.86. The quantitative estimate of drug-likeness (QED) is 0.523. The Bertz CT molecular complexity index is 1160. The highest BCUT2D eigenvalue weighted by Crippen LogP contribution is 2.39. The topological polar surface area (TPSA) is 58.7 Å². The average Bonchev–Trinajstić information content (AvgIpc) is 3.27. The molecule has 1 aliphatic heterocycles. The zero-order valence-electron chi connectivity index (χ0n) is 17.0. The molecule has 4 rings (SSSR count). The molecule has 1 fully saturated rings. The van der Waals surface area contributed by atoms with Crippen LogP contribution in [-0.2, 0) is 4.79 Å². The first kappa shape index (κ1) is 19.9. The normalized spacial score (nSPS) is 17.0. The van der Waals surface area contributed by atoms with Crippen molar-refractivity contribution in [1.82, 2.24) is 5.16 Å². The summed E-state index contributed by atoms with van der Waals surface area (Å²) in [7, 11) is 1.68. The van der Waals surface area contributed by atoms with Crippen LogP contribution in [0, 0.1) is 13.8 Å². The van der Waals surface area contributed by atoms with Crippen molar-refractivity contribution in [3.8, 4) is 0 Å². The van der Waals surface area contributed by atoms with Crippen molar-refractivity contribution in [2.45, 2.75) is 13.8 Å². The average molecular weight is 416 g/mol. The number of rotatable bonds is 4. The van der Waals surface area contributed by atoms with Crippen molar-refractivity contribution in [2.75, 3.05) is 11.9 Å². The third-order valence-electron chi connectivity index (χ3n) is 4.68. The van der Waals surface area contributed by atoms with E-state index in [0.29, 0.717) is 27.2 Å². The Hall–Kier alpha value is -3.38. The van der Waals surface area contributed by atoms with Crippen LogP contribution in [0.5, 0.6) is 0 Å². The molecule has 2 heterocycles. The SMILES string of the molecule is CN=C1S/C(=C\c2ccc(C)cc2)C(=O)N1c1c(C)noc1/C=C/c1ccccc1. The highest BCUT2D eigenvalue weighted by atomic mass is 32.2. The van der Waals surface area contributed by atoms with Gasteiger partial charge in [-0.25, -0.2) is 4.90 Å². The van der Waals surface area contributed by atoms with E-state index in [0.717, 1.165) is 11.1 Å². The summed E-state index contributed by atoms with van der Waals surface area (Å²) in [6, 6.07) is 18.0. The van der Waals surface area contributed by atoms with Crippen molar-refractivity contribution in [2.24, 2.45) is 4.99 Å². The Labute approximate surface area is 179 Å². The first-order valence-electron chi connectivity index (χ1n) is 9.53. The molecular formula is C24H21N3O2S. The Balaban J connectivity index is 1.70. The summed E-state index contributed by atoms with van der Waals surface area (Å²) in [6.07, 6.45) is 5.65. The number of carbonyl (C=O) groups is 1. The summed E-state index contributed by atoms with van der Waals surface area (Å²) >= 11 is 1.35. The molecule has 0 unspecified atom stereocenters. The van der Waals surface area contributed by atoms with Crippen LogP contribution in [0.2, 0.25) is 0 Å². The summed E-state index contributed by atoms with van der Waals surface area (Å²) in [5.41, 5.74) is 4.43. The lowest BCUT2D eigenvalue weighted by Crippen LogP contribution is -2.29. The Morgan fingerprint density at radius 3 is 2.43 bits per heavy atom. The molecule has 1 aliphatic rings. The summed E-state index contributed by atoms with van der Waals surface area (Å²) in [4.78, 5) is 19.8. The molecule has 2 aromatic carbocycles. The number of hydrogen-bond acceptors (Lipinski definition) is 5. The molecule has 150 valence electrons. The minimum absolute atomic E-state index is 0.137. The minimum atomic E-state index is -0.137. The van der Waals surface area contributed by atoms with Crippen molar-refractivity contribution < 1.29 is 9.32 Å². The second kappa shape index (κ2) is 8.55. The first-order valence-corrected chi connectivity index (χ1v) is 10.4. The number of anilines is 1. The molecule has 0 atom stereocenters. The van der Waals surface area contributed by atoms with Gasteiger partial charge in [0.25, 0.3) is 5.91 Å². The molecule has 6 heteroatoms. The second-order valence-electron chi connectivity index (χ2n) is 6.89. The van der Waals surface area contributed by atoms with Crippen LogP contribution in [-0.4, -0.2) is 23.3 Å². The lowest BCUT2D eigenvalue weighted by atomic mass is 10.1. The van der Waals surface area contributed by atoms with Crippen LogP contribution in [0.3, 0.4) is 0 Å². The van der Waals surface area contributed by atoms with Gasteiger partial charge < -0.3 is 4.52 Å². The van der Waals surface area contributed by atoms with Gasteiger partial charge in [0, 0.05) is 7.05 Å². The van der Waals surface area contributed by atoms with Crippen LogP contribution in [0.15, 0.2) is 69.0 Å². The molecule has 30 heavy (non-hydrogen) atoms. The van der Waals surface area contributed by atoms with E-state index >= 15 is 0 Å². The van der Waals surface area contributed by atoms with Crippen molar-refractivity contribution in [3.05, 3.63) is 87.6 Å². The van der Waals surface area contributed by atoms with Crippen LogP contribution in [0.1, 0.15) is 28.1 Å². The number of benzene rings is 2. The van der Waals surface area contributed by atoms with E-state index in [4.69, 9.17) is 4.52 Å². The molecule has 0 bridgehead atoms. The number of thioether (sulfide) groups is 1. The standard InChI is InChI=1S/C24H21N3O2S/c1-16-9-11-19(12-10-16)15-21-23(28)27(24(25-3)30-21)22-17(2)26-29-20(22)14-13-18-7-5-4-6-8-18/h4-15H,1-3H3/b14-13+,21-15-,25-24?. The van der Waals surface area contributed by atoms with E-state index in [2.05, 4.69) is 10.1 Å². The molecule has 1 amide bonds. The van der Waals surface area contributed by atoms with Gasteiger partial charge in [0.2, 0.25) is 0 Å². The maximum atomic E-state index is 13.3. The van der Waals surface area contributed by atoms with E-state index in [-0.39, 0.29) is 5.91 Å². The van der Waals surface area contributed by atoms with Crippen molar-refractivity contribution in [3.63, 3.8) is 0 Å². The van der Waals surface area contributed by atoms with E-state index in [9.17, 15) is 4.79 Å². The van der Waals surface area contributed by atoms with Gasteiger partial charge in [-0.15, -0.1) is 0 Å². The fourth-order valence-electron chi connectivity index (χ4n) is 3.13. The molecule has 0 saturated carbocycles. The number of aliphatic imine (C=N–C) groups is 1. The maximum absolute atomic E-state index is 13.3. The zero-order chi connectivity index (χ0) is 21.1. The summed E-state index contributed by atoms with van der Waals surface area (Å²) < 4.78 is 5.52. The molecule has 0 spiro atoms. The van der Waals surface area contributed by atoms with Crippen LogP contribution >= 0.6 is 11.8 Å². The minimum Gasteiger partial charge on any atom is -0.354 e. The van der Waals surface area contributed by atoms with Crippen LogP contribution in [0.4, 0.5) is 5.69 Å². The number of aromatic nitrogens is 1. The fourth-order valence-corrected chi connectivity index (χ4v) is 4.06. The number of nitrogens with zero attached hydrogens (tertiary/aromatic N) is 3. The number of amides is 1. The molecule has 3 aromatic rings. The van der Waals surface area contributed by atoms with Gasteiger partial charge in [-0.3, -0.25) is 9.79 Å². The molecule has 5 nitrogen and oxygen atoms in total. The Morgan fingerprint density at radius 1 is 1.00 bits per heavy atom. The van der Waals surface area contributed by atoms with E-state index in [1.54, 1.807) is 11.9 Å². The van der Waals surface area contributed by atoms with Crippen LogP contribution < -0.4 is 4.90 Å². The molecule has 0 N–H and O–H groups in total. The number of aryl methyl sites for hydroxylation is 2. The lowest BCUT2D eigenvalue weighted by molar-refractivity contribution is -0.113. The number of carbonyl (C=O) groups excluding carboxylic acids is 1. The predicted octanol–water partition coefficient (Wildman–Crippen LogP) is 5.57. The largest absolute Gasteiger partial charge is 0.354 e. The van der Waals surface area contributed by atoms with Gasteiger partial charge >= 0.3 is 0 Å². The lowest BCUT2D eigenvalue weighted by Gasteiger charge is -2.14. The zero-order valence-corrected chi connectivity index (χ0v) is 17.8. The molecule has 0 radical (unpaired) electrons. The van der Waals surface area contributed by atoms with Gasteiger partial charge in [-0.1, -0.05) is 71.4 Å². The van der Waals surface area contributed by atoms with E-state index in [1.807, 2.05) is 86.7 Å². The van der Waals surface area contributed by atoms with Gasteiger partial charge in [0.1, 0.15) is 11.4 Å². The maximum Gasteiger partial charge on any atom is 0.271 e. The van der Waals surface area contributed by atoms with E-state index in [1.165, 1.54) is 17.3 Å². The van der Waals surface area contributed by atoms with Gasteiger partial charge in [-0.05, 0) is 48.9 Å². The highest BCUT2D eigenvalue weighted by Gasteiger charge is 2.37. The third kappa shape index (κ3) is 4.00. The van der Waals surface area contributed by atoms with Gasteiger partial charge in [0.05, 0.1) is 4.91 Å². The fraction of sp³-hybridized carbons (Fsp3) is 0.125. The molecule has 0 aliphatic carbocycles. The molecular weight excluding hydrogens is 394 g/mol. The van der Waals surface area contributed by atoms with Gasteiger partial charge in [-0.2, -0.15) is 0 Å². The Morgan fingerprint density at radius 2 is 1.73 bits per heavy atom. The van der Waals surface area contributed by atoms with E-state index < -0.39 is 0 Å². The summed E-state index contributed by atoms with van der Waals surface area (Å²) in [5, 5.41) is 4.69. The molecule has 1 aromatic heterocycles. The number of amidine groups is 1. The smallest absolute Gasteiger partial charge is 0.271 e. The van der Waals surface area contributed by atoms with Crippen molar-refractivity contribution >= 4 is 46.8 Å². The summed E-state index contributed by atoms with van der Waals surface area (Å²) in [5.74, 6) is 0.380. The Kier molecular flexibility index (Phi) is 5.68. The van der Waals surface area contributed by atoms with Crippen LogP contribution in [0.25, 0.3) is 18.2 Å².